The van der Waals surface area contributed by atoms with Gasteiger partial charge in [-0.1, -0.05) is 54.6 Å². The number of nitrogens with zero attached hydrogens (tertiary/aromatic N) is 3. The summed E-state index contributed by atoms with van der Waals surface area (Å²) in [7, 11) is 0. The highest BCUT2D eigenvalue weighted by Gasteiger charge is 2.43. The second kappa shape index (κ2) is 14.5. The summed E-state index contributed by atoms with van der Waals surface area (Å²) in [6, 6.07) is 21.6. The summed E-state index contributed by atoms with van der Waals surface area (Å²) in [4.78, 5) is 60.8. The molecule has 0 saturated carbocycles. The number of H-pyrrole nitrogens is 1. The summed E-state index contributed by atoms with van der Waals surface area (Å²) in [6.45, 7) is 0.952. The van der Waals surface area contributed by atoms with Crippen molar-refractivity contribution in [3.05, 3.63) is 112 Å². The number of alkyl carbamates (subject to hydrolysis) is 1. The Labute approximate surface area is 270 Å². The molecule has 3 aromatic carbocycles. The molecule has 48 heavy (non-hydrogen) atoms. The fourth-order valence-corrected chi connectivity index (χ4v) is 4.45. The molecule has 0 fully saturated rings. The van der Waals surface area contributed by atoms with Gasteiger partial charge in [-0.3, -0.25) is 4.57 Å². The number of benzene rings is 3. The third-order valence-electron chi connectivity index (χ3n) is 6.84. The number of imidazole rings is 1. The molecule has 5 rings (SSSR count). The SMILES string of the molecule is Cc1cn(C[C@H](NC(=O)OCc2ccccc2)C(=O)OC(=O)C(F)(F)F)c(=O)nc1NCc1ccc(Nc2nc3ccccc3[nH]2)cc1. The third-order valence-corrected chi connectivity index (χ3v) is 6.84. The number of rotatable bonds is 11. The number of halogens is 3. The van der Waals surface area contributed by atoms with E-state index < -0.39 is 42.5 Å². The lowest BCUT2D eigenvalue weighted by molar-refractivity contribution is -0.202. The van der Waals surface area contributed by atoms with Gasteiger partial charge in [0.2, 0.25) is 5.95 Å². The van der Waals surface area contributed by atoms with Crippen molar-refractivity contribution in [1.82, 2.24) is 24.8 Å². The van der Waals surface area contributed by atoms with Crippen molar-refractivity contribution in [1.29, 1.82) is 0 Å². The first kappa shape index (κ1) is 33.2. The lowest BCUT2D eigenvalue weighted by Crippen LogP contribution is -2.48. The zero-order chi connectivity index (χ0) is 34.3. The maximum atomic E-state index is 12.9. The molecular weight excluding hydrogens is 635 g/mol. The predicted molar refractivity (Wildman–Crippen MR) is 167 cm³/mol. The number of aryl methyl sites for hydroxylation is 1. The van der Waals surface area contributed by atoms with E-state index in [1.807, 2.05) is 48.5 Å². The highest BCUT2D eigenvalue weighted by atomic mass is 19.4. The molecule has 0 spiro atoms. The van der Waals surface area contributed by atoms with Crippen molar-refractivity contribution in [2.45, 2.75) is 38.8 Å². The minimum atomic E-state index is -5.47. The molecule has 5 aromatic rings. The largest absolute Gasteiger partial charge is 0.491 e. The summed E-state index contributed by atoms with van der Waals surface area (Å²) in [6.07, 6.45) is -5.38. The molecule has 1 atom stereocenters. The van der Waals surface area contributed by atoms with Crippen LogP contribution in [-0.2, 0) is 38.8 Å². The van der Waals surface area contributed by atoms with E-state index in [0.717, 1.165) is 26.9 Å². The van der Waals surface area contributed by atoms with Crippen LogP contribution in [0.5, 0.6) is 0 Å². The first-order valence-corrected chi connectivity index (χ1v) is 14.4. The molecule has 0 aliphatic carbocycles. The smallest absolute Gasteiger partial charge is 0.445 e. The quantitative estimate of drug-likeness (QED) is 0.115. The van der Waals surface area contributed by atoms with Crippen LogP contribution in [0, 0.1) is 6.92 Å². The number of para-hydroxylation sites is 2. The van der Waals surface area contributed by atoms with Crippen LogP contribution < -0.4 is 21.6 Å². The molecule has 13 nitrogen and oxygen atoms in total. The molecule has 0 unspecified atom stereocenters. The number of amides is 1. The standard InChI is InChI=1S/C32H28F3N7O6/c1-19-16-42(17-25(27(43)48-28(44)32(33,34)35)40-31(46)47-18-21-7-3-2-4-8-21)30(45)41-26(19)36-15-20-11-13-22(14-12-20)37-29-38-23-9-5-6-10-24(23)39-29/h2-14,16,25H,15,17-18H2,1H3,(H,40,46)(H,36,41,45)(H2,37,38,39)/t25-/m0/s1. The molecule has 0 aliphatic rings. The fraction of sp³-hybridized carbons (Fsp3) is 0.188. The Bertz CT molecular complexity index is 1950. The Balaban J connectivity index is 1.23. The lowest BCUT2D eigenvalue weighted by atomic mass is 10.2. The number of ether oxygens (including phenoxy) is 2. The third kappa shape index (κ3) is 8.74. The number of nitrogens with one attached hydrogen (secondary N) is 4. The molecule has 16 heteroatoms. The highest BCUT2D eigenvalue weighted by Crippen LogP contribution is 2.20. The van der Waals surface area contributed by atoms with E-state index in [-0.39, 0.29) is 19.0 Å². The number of esters is 2. The van der Waals surface area contributed by atoms with Gasteiger partial charge >= 0.3 is 29.9 Å². The van der Waals surface area contributed by atoms with Gasteiger partial charge in [0.1, 0.15) is 18.5 Å². The first-order valence-electron chi connectivity index (χ1n) is 14.4. The minimum absolute atomic E-state index is 0.210. The molecular formula is C32H28F3N7O6. The maximum Gasteiger partial charge on any atom is 0.491 e. The van der Waals surface area contributed by atoms with Crippen molar-refractivity contribution in [3.63, 3.8) is 0 Å². The zero-order valence-corrected chi connectivity index (χ0v) is 25.2. The van der Waals surface area contributed by atoms with Gasteiger partial charge in [-0.15, -0.1) is 0 Å². The molecule has 2 heterocycles. The summed E-state index contributed by atoms with van der Waals surface area (Å²) in [5, 5.41) is 8.31. The van der Waals surface area contributed by atoms with Gasteiger partial charge in [-0.05, 0) is 42.3 Å². The van der Waals surface area contributed by atoms with Gasteiger partial charge in [0, 0.05) is 24.0 Å². The monoisotopic (exact) mass is 663 g/mol. The molecule has 248 valence electrons. The Morgan fingerprint density at radius 2 is 1.65 bits per heavy atom. The van der Waals surface area contributed by atoms with Gasteiger partial charge in [-0.25, -0.2) is 24.2 Å². The van der Waals surface area contributed by atoms with Crippen LogP contribution >= 0.6 is 0 Å². The van der Waals surface area contributed by atoms with Crippen molar-refractivity contribution >= 4 is 46.5 Å². The van der Waals surface area contributed by atoms with Crippen molar-refractivity contribution < 1.29 is 37.0 Å². The van der Waals surface area contributed by atoms with Crippen LogP contribution in [0.15, 0.2) is 89.9 Å². The van der Waals surface area contributed by atoms with E-state index in [2.05, 4.69) is 35.6 Å². The summed E-state index contributed by atoms with van der Waals surface area (Å²) < 4.78 is 48.1. The van der Waals surface area contributed by atoms with E-state index in [9.17, 15) is 32.3 Å². The lowest BCUT2D eigenvalue weighted by Gasteiger charge is -2.19. The van der Waals surface area contributed by atoms with Crippen molar-refractivity contribution in [2.75, 3.05) is 10.6 Å². The van der Waals surface area contributed by atoms with E-state index in [1.54, 1.807) is 37.3 Å². The van der Waals surface area contributed by atoms with E-state index >= 15 is 0 Å². The highest BCUT2D eigenvalue weighted by molar-refractivity contribution is 5.92. The zero-order valence-electron chi connectivity index (χ0n) is 25.2. The van der Waals surface area contributed by atoms with E-state index in [0.29, 0.717) is 17.1 Å². The predicted octanol–water partition coefficient (Wildman–Crippen LogP) is 4.71. The van der Waals surface area contributed by atoms with E-state index in [1.165, 1.54) is 6.20 Å². The summed E-state index contributed by atoms with van der Waals surface area (Å²) >= 11 is 0. The van der Waals surface area contributed by atoms with Crippen LogP contribution in [0.25, 0.3) is 11.0 Å². The van der Waals surface area contributed by atoms with Crippen molar-refractivity contribution in [2.24, 2.45) is 0 Å². The number of carbonyl (C=O) groups excluding carboxylic acids is 3. The van der Waals surface area contributed by atoms with Gasteiger partial charge in [-0.2, -0.15) is 18.2 Å². The number of aromatic amines is 1. The molecule has 4 N–H and O–H groups in total. The molecule has 2 aromatic heterocycles. The summed E-state index contributed by atoms with van der Waals surface area (Å²) in [5.74, 6) is -3.73. The first-order chi connectivity index (χ1) is 22.9. The Morgan fingerprint density at radius 3 is 2.35 bits per heavy atom. The maximum absolute atomic E-state index is 12.9. The van der Waals surface area contributed by atoms with Crippen LogP contribution in [0.2, 0.25) is 0 Å². The Hall–Kier alpha value is -6.19. The number of alkyl halides is 3. The van der Waals surface area contributed by atoms with Gasteiger partial charge in [0.25, 0.3) is 0 Å². The molecule has 1 amide bonds. The fourth-order valence-electron chi connectivity index (χ4n) is 4.45. The number of anilines is 3. The molecule has 0 saturated heterocycles. The van der Waals surface area contributed by atoms with Crippen LogP contribution in [0.1, 0.15) is 16.7 Å². The number of fused-ring (bicyclic) bond motifs is 1. The average molecular weight is 664 g/mol. The number of aromatic nitrogens is 4. The second-order valence-corrected chi connectivity index (χ2v) is 10.5. The average Bonchev–Trinajstić information content (AvgIpc) is 3.47. The Morgan fingerprint density at radius 1 is 0.938 bits per heavy atom. The summed E-state index contributed by atoms with van der Waals surface area (Å²) in [5.41, 5.74) is 3.50. The molecule has 0 bridgehead atoms. The van der Waals surface area contributed by atoms with Crippen LogP contribution in [0.3, 0.4) is 0 Å². The van der Waals surface area contributed by atoms with Crippen LogP contribution in [0.4, 0.5) is 35.4 Å². The van der Waals surface area contributed by atoms with Crippen molar-refractivity contribution in [3.8, 4) is 0 Å². The second-order valence-electron chi connectivity index (χ2n) is 10.5. The van der Waals surface area contributed by atoms with Gasteiger partial charge in [0.05, 0.1) is 17.6 Å². The Kier molecular flexibility index (Phi) is 10.0. The van der Waals surface area contributed by atoms with Crippen LogP contribution in [-0.4, -0.2) is 49.8 Å². The van der Waals surface area contributed by atoms with Gasteiger partial charge < -0.3 is 30.4 Å². The number of carbonyl (C=O) groups is 3. The normalized spacial score (nSPS) is 11.8. The topological polar surface area (TPSA) is 169 Å². The molecule has 0 radical (unpaired) electrons. The molecule has 0 aliphatic heterocycles. The number of hydrogen-bond donors (Lipinski definition) is 4. The number of hydrogen-bond acceptors (Lipinski definition) is 10. The minimum Gasteiger partial charge on any atom is -0.445 e. The van der Waals surface area contributed by atoms with E-state index in [4.69, 9.17) is 4.74 Å². The van der Waals surface area contributed by atoms with Gasteiger partial charge in [0.15, 0.2) is 0 Å².